The molecule has 0 aliphatic heterocycles. The molecule has 0 fully saturated rings. The van der Waals surface area contributed by atoms with E-state index < -0.39 is 5.97 Å². The van der Waals surface area contributed by atoms with Crippen molar-refractivity contribution in [1.29, 1.82) is 0 Å². The summed E-state index contributed by atoms with van der Waals surface area (Å²) in [5.74, 6) is -0.727. The molecule has 94 valence electrons. The summed E-state index contributed by atoms with van der Waals surface area (Å²) in [5.41, 5.74) is 2.50. The van der Waals surface area contributed by atoms with Gasteiger partial charge in [-0.3, -0.25) is 9.69 Å². The molecule has 0 spiro atoms. The predicted molar refractivity (Wildman–Crippen MR) is 69.0 cm³/mol. The van der Waals surface area contributed by atoms with Gasteiger partial charge in [0.2, 0.25) is 0 Å². The van der Waals surface area contributed by atoms with Crippen LogP contribution in [0.15, 0.2) is 24.3 Å². The van der Waals surface area contributed by atoms with E-state index in [4.69, 9.17) is 5.11 Å². The van der Waals surface area contributed by atoms with Crippen LogP contribution in [-0.2, 0) is 11.3 Å². The van der Waals surface area contributed by atoms with Gasteiger partial charge in [-0.15, -0.1) is 0 Å². The maximum atomic E-state index is 10.6. The Balaban J connectivity index is 2.53. The standard InChI is InChI=1S/C14H21NO2/c1-3-9-15(10-8-14(16)17)11-13-6-4-12(2)5-7-13/h4-7H,3,8-11H2,1-2H3,(H,16,17). The second-order valence-electron chi connectivity index (χ2n) is 4.41. The average molecular weight is 235 g/mol. The number of hydrogen-bond acceptors (Lipinski definition) is 2. The van der Waals surface area contributed by atoms with Gasteiger partial charge >= 0.3 is 5.97 Å². The van der Waals surface area contributed by atoms with Gasteiger partial charge in [-0.2, -0.15) is 0 Å². The Morgan fingerprint density at radius 3 is 2.41 bits per heavy atom. The minimum Gasteiger partial charge on any atom is -0.481 e. The zero-order valence-corrected chi connectivity index (χ0v) is 10.6. The van der Waals surface area contributed by atoms with Crippen molar-refractivity contribution in [2.75, 3.05) is 13.1 Å². The summed E-state index contributed by atoms with van der Waals surface area (Å²) < 4.78 is 0. The first-order chi connectivity index (χ1) is 8.11. The molecule has 0 saturated carbocycles. The lowest BCUT2D eigenvalue weighted by Gasteiger charge is -2.20. The molecule has 17 heavy (non-hydrogen) atoms. The van der Waals surface area contributed by atoms with E-state index in [1.807, 2.05) is 0 Å². The fourth-order valence-corrected chi connectivity index (χ4v) is 1.79. The predicted octanol–water partition coefficient (Wildman–Crippen LogP) is 2.68. The Morgan fingerprint density at radius 2 is 1.88 bits per heavy atom. The van der Waals surface area contributed by atoms with Gasteiger partial charge < -0.3 is 5.11 Å². The number of nitrogens with zero attached hydrogens (tertiary/aromatic N) is 1. The third-order valence-electron chi connectivity index (χ3n) is 2.71. The number of carboxylic acids is 1. The first-order valence-electron chi connectivity index (χ1n) is 6.11. The Kier molecular flexibility index (Phi) is 5.70. The molecule has 0 heterocycles. The Labute approximate surface area is 103 Å². The summed E-state index contributed by atoms with van der Waals surface area (Å²) in [5, 5.41) is 8.71. The SMILES string of the molecule is CCCN(CCC(=O)O)Cc1ccc(C)cc1. The van der Waals surface area contributed by atoms with Crippen LogP contribution in [0.3, 0.4) is 0 Å². The topological polar surface area (TPSA) is 40.5 Å². The zero-order valence-electron chi connectivity index (χ0n) is 10.6. The van der Waals surface area contributed by atoms with Gasteiger partial charge in [0, 0.05) is 13.1 Å². The van der Waals surface area contributed by atoms with Crippen LogP contribution >= 0.6 is 0 Å². The van der Waals surface area contributed by atoms with Crippen LogP contribution in [0.4, 0.5) is 0 Å². The lowest BCUT2D eigenvalue weighted by Crippen LogP contribution is -2.26. The average Bonchev–Trinajstić information content (AvgIpc) is 2.29. The molecule has 3 nitrogen and oxygen atoms in total. The Hall–Kier alpha value is -1.35. The maximum Gasteiger partial charge on any atom is 0.304 e. The first-order valence-corrected chi connectivity index (χ1v) is 6.11. The smallest absolute Gasteiger partial charge is 0.304 e. The van der Waals surface area contributed by atoms with E-state index in [1.165, 1.54) is 11.1 Å². The van der Waals surface area contributed by atoms with Crippen molar-refractivity contribution in [2.24, 2.45) is 0 Å². The van der Waals surface area contributed by atoms with Crippen molar-refractivity contribution < 1.29 is 9.90 Å². The highest BCUT2D eigenvalue weighted by molar-refractivity contribution is 5.66. The van der Waals surface area contributed by atoms with E-state index in [0.717, 1.165) is 19.5 Å². The molecule has 0 saturated heterocycles. The van der Waals surface area contributed by atoms with Crippen molar-refractivity contribution in [3.8, 4) is 0 Å². The van der Waals surface area contributed by atoms with Crippen LogP contribution in [0.2, 0.25) is 0 Å². The van der Waals surface area contributed by atoms with Gasteiger partial charge in [0.15, 0.2) is 0 Å². The van der Waals surface area contributed by atoms with Crippen LogP contribution in [-0.4, -0.2) is 29.1 Å². The van der Waals surface area contributed by atoms with Gasteiger partial charge in [-0.05, 0) is 25.5 Å². The molecule has 3 heteroatoms. The maximum absolute atomic E-state index is 10.6. The lowest BCUT2D eigenvalue weighted by molar-refractivity contribution is -0.137. The second-order valence-corrected chi connectivity index (χ2v) is 4.41. The van der Waals surface area contributed by atoms with Crippen LogP contribution < -0.4 is 0 Å². The minimum atomic E-state index is -0.727. The molecule has 0 aliphatic rings. The van der Waals surface area contributed by atoms with Gasteiger partial charge in [-0.25, -0.2) is 0 Å². The molecule has 0 aromatic heterocycles. The molecule has 0 unspecified atom stereocenters. The fraction of sp³-hybridized carbons (Fsp3) is 0.500. The number of aliphatic carboxylic acids is 1. The van der Waals surface area contributed by atoms with E-state index in [1.54, 1.807) is 0 Å². The van der Waals surface area contributed by atoms with Gasteiger partial charge in [0.1, 0.15) is 0 Å². The number of aryl methyl sites for hydroxylation is 1. The van der Waals surface area contributed by atoms with Crippen LogP contribution in [0.25, 0.3) is 0 Å². The third kappa shape index (κ3) is 5.50. The van der Waals surface area contributed by atoms with Crippen molar-refractivity contribution in [3.63, 3.8) is 0 Å². The molecule has 0 atom stereocenters. The third-order valence-corrected chi connectivity index (χ3v) is 2.71. The number of carbonyl (C=O) groups is 1. The molecule has 0 amide bonds. The van der Waals surface area contributed by atoms with E-state index in [0.29, 0.717) is 6.54 Å². The minimum absolute atomic E-state index is 0.214. The lowest BCUT2D eigenvalue weighted by atomic mass is 10.1. The van der Waals surface area contributed by atoms with Crippen molar-refractivity contribution >= 4 is 5.97 Å². The van der Waals surface area contributed by atoms with Crippen LogP contribution in [0.1, 0.15) is 30.9 Å². The summed E-state index contributed by atoms with van der Waals surface area (Å²) in [6, 6.07) is 8.41. The summed E-state index contributed by atoms with van der Waals surface area (Å²) in [6.07, 6.45) is 1.26. The Bertz CT molecular complexity index is 346. The Morgan fingerprint density at radius 1 is 1.24 bits per heavy atom. The second kappa shape index (κ2) is 7.07. The molecule has 0 radical (unpaired) electrons. The molecule has 0 aliphatic carbocycles. The number of rotatable bonds is 7. The van der Waals surface area contributed by atoms with Gasteiger partial charge in [0.05, 0.1) is 6.42 Å². The monoisotopic (exact) mass is 235 g/mol. The van der Waals surface area contributed by atoms with Gasteiger partial charge in [-0.1, -0.05) is 36.8 Å². The van der Waals surface area contributed by atoms with E-state index in [9.17, 15) is 4.79 Å². The highest BCUT2D eigenvalue weighted by Crippen LogP contribution is 2.08. The molecule has 1 N–H and O–H groups in total. The van der Waals surface area contributed by atoms with E-state index >= 15 is 0 Å². The zero-order chi connectivity index (χ0) is 12.7. The van der Waals surface area contributed by atoms with Crippen molar-refractivity contribution in [2.45, 2.75) is 33.2 Å². The fourth-order valence-electron chi connectivity index (χ4n) is 1.79. The van der Waals surface area contributed by atoms with Crippen molar-refractivity contribution in [1.82, 2.24) is 4.90 Å². The highest BCUT2D eigenvalue weighted by atomic mass is 16.4. The molecule has 1 rings (SSSR count). The number of hydrogen-bond donors (Lipinski definition) is 1. The molecule has 1 aromatic carbocycles. The van der Waals surface area contributed by atoms with Crippen LogP contribution in [0, 0.1) is 6.92 Å². The molecular formula is C14H21NO2. The van der Waals surface area contributed by atoms with Gasteiger partial charge in [0.25, 0.3) is 0 Å². The largest absolute Gasteiger partial charge is 0.481 e. The van der Waals surface area contributed by atoms with E-state index in [-0.39, 0.29) is 6.42 Å². The molecule has 0 bridgehead atoms. The molecular weight excluding hydrogens is 214 g/mol. The number of carboxylic acid groups (broad SMARTS) is 1. The van der Waals surface area contributed by atoms with Crippen LogP contribution in [0.5, 0.6) is 0 Å². The highest BCUT2D eigenvalue weighted by Gasteiger charge is 2.07. The summed E-state index contributed by atoms with van der Waals surface area (Å²) >= 11 is 0. The van der Waals surface area contributed by atoms with Crippen molar-refractivity contribution in [3.05, 3.63) is 35.4 Å². The first kappa shape index (κ1) is 13.7. The van der Waals surface area contributed by atoms with E-state index in [2.05, 4.69) is 43.0 Å². The number of benzene rings is 1. The molecule has 1 aromatic rings. The normalized spacial score (nSPS) is 10.8. The summed E-state index contributed by atoms with van der Waals surface area (Å²) in [6.45, 7) is 6.58. The summed E-state index contributed by atoms with van der Waals surface area (Å²) in [4.78, 5) is 12.8. The quantitative estimate of drug-likeness (QED) is 0.790. The summed E-state index contributed by atoms with van der Waals surface area (Å²) in [7, 11) is 0.